The van der Waals surface area contributed by atoms with Crippen LogP contribution < -0.4 is 11.1 Å². The maximum absolute atomic E-state index is 12.0. The fourth-order valence-corrected chi connectivity index (χ4v) is 1.70. The van der Waals surface area contributed by atoms with Crippen LogP contribution in [0.15, 0.2) is 24.3 Å². The summed E-state index contributed by atoms with van der Waals surface area (Å²) in [5.74, 6) is -1.84. The average Bonchev–Trinajstić information content (AvgIpc) is 2.34. The SMILES string of the molecule is CC(C)[C@H](OC(=O)c1ccccc1Cl)C(=O)NC(N)=O. The Morgan fingerprint density at radius 3 is 2.35 bits per heavy atom. The molecule has 1 atom stereocenters. The lowest BCUT2D eigenvalue weighted by molar-refractivity contribution is -0.130. The summed E-state index contributed by atoms with van der Waals surface area (Å²) in [5, 5.41) is 2.10. The Morgan fingerprint density at radius 1 is 1.25 bits per heavy atom. The molecule has 6 nitrogen and oxygen atoms in total. The van der Waals surface area contributed by atoms with Crippen molar-refractivity contribution in [2.45, 2.75) is 20.0 Å². The van der Waals surface area contributed by atoms with Crippen molar-refractivity contribution < 1.29 is 19.1 Å². The van der Waals surface area contributed by atoms with E-state index in [1.54, 1.807) is 26.0 Å². The van der Waals surface area contributed by atoms with Crippen molar-refractivity contribution in [3.8, 4) is 0 Å². The number of rotatable bonds is 4. The van der Waals surface area contributed by atoms with Crippen molar-refractivity contribution in [3.05, 3.63) is 34.9 Å². The van der Waals surface area contributed by atoms with E-state index >= 15 is 0 Å². The molecule has 0 saturated heterocycles. The molecule has 0 heterocycles. The van der Waals surface area contributed by atoms with Crippen LogP contribution in [0, 0.1) is 5.92 Å². The van der Waals surface area contributed by atoms with Gasteiger partial charge in [-0.25, -0.2) is 9.59 Å². The van der Waals surface area contributed by atoms with E-state index in [2.05, 4.69) is 0 Å². The Bertz CT molecular complexity index is 531. The molecule has 7 heteroatoms. The molecule has 0 aliphatic carbocycles. The van der Waals surface area contributed by atoms with Crippen molar-refractivity contribution in [2.75, 3.05) is 0 Å². The molecule has 0 saturated carbocycles. The summed E-state index contributed by atoms with van der Waals surface area (Å²) < 4.78 is 5.10. The summed E-state index contributed by atoms with van der Waals surface area (Å²) in [6, 6.07) is 5.30. The Kier molecular flexibility index (Phi) is 5.52. The molecule has 20 heavy (non-hydrogen) atoms. The number of hydrogen-bond donors (Lipinski definition) is 2. The second kappa shape index (κ2) is 6.91. The van der Waals surface area contributed by atoms with E-state index in [4.69, 9.17) is 22.1 Å². The van der Waals surface area contributed by atoms with E-state index in [1.165, 1.54) is 12.1 Å². The molecule has 0 spiro atoms. The number of benzene rings is 1. The quantitative estimate of drug-likeness (QED) is 0.827. The van der Waals surface area contributed by atoms with Crippen LogP contribution >= 0.6 is 11.6 Å². The summed E-state index contributed by atoms with van der Waals surface area (Å²) in [7, 11) is 0. The molecule has 1 aromatic carbocycles. The van der Waals surface area contributed by atoms with Crippen LogP contribution in [0.4, 0.5) is 4.79 Å². The van der Waals surface area contributed by atoms with Gasteiger partial charge in [-0.15, -0.1) is 0 Å². The fourth-order valence-electron chi connectivity index (χ4n) is 1.49. The number of hydrogen-bond acceptors (Lipinski definition) is 4. The van der Waals surface area contributed by atoms with Crippen molar-refractivity contribution in [1.82, 2.24) is 5.32 Å². The highest BCUT2D eigenvalue weighted by Gasteiger charge is 2.28. The Morgan fingerprint density at radius 2 is 1.85 bits per heavy atom. The molecule has 0 unspecified atom stereocenters. The molecule has 3 amide bonds. The maximum Gasteiger partial charge on any atom is 0.340 e. The molecule has 3 N–H and O–H groups in total. The molecule has 0 radical (unpaired) electrons. The first-order chi connectivity index (χ1) is 9.32. The van der Waals surface area contributed by atoms with Crippen molar-refractivity contribution in [2.24, 2.45) is 11.7 Å². The van der Waals surface area contributed by atoms with E-state index in [-0.39, 0.29) is 16.5 Å². The Labute approximate surface area is 121 Å². The van der Waals surface area contributed by atoms with Gasteiger partial charge < -0.3 is 10.5 Å². The molecule has 0 aromatic heterocycles. The van der Waals surface area contributed by atoms with Gasteiger partial charge in [0.1, 0.15) is 0 Å². The number of primary amides is 1. The first-order valence-electron chi connectivity index (χ1n) is 5.88. The largest absolute Gasteiger partial charge is 0.448 e. The molecular formula is C13H15ClN2O4. The summed E-state index contributed by atoms with van der Waals surface area (Å²) in [4.78, 5) is 34.4. The van der Waals surface area contributed by atoms with Gasteiger partial charge in [-0.05, 0) is 18.1 Å². The molecule has 0 aliphatic heterocycles. The van der Waals surface area contributed by atoms with Gasteiger partial charge in [0.15, 0.2) is 6.10 Å². The zero-order valence-corrected chi connectivity index (χ0v) is 11.8. The van der Waals surface area contributed by atoms with Crippen molar-refractivity contribution >= 4 is 29.5 Å². The minimum Gasteiger partial charge on any atom is -0.448 e. The number of carbonyl (C=O) groups excluding carboxylic acids is 3. The van der Waals surface area contributed by atoms with Crippen LogP contribution in [0.25, 0.3) is 0 Å². The van der Waals surface area contributed by atoms with Crippen molar-refractivity contribution in [3.63, 3.8) is 0 Å². The zero-order valence-electron chi connectivity index (χ0n) is 11.1. The normalized spacial score (nSPS) is 11.8. The minimum atomic E-state index is -1.13. The van der Waals surface area contributed by atoms with Crippen LogP contribution in [0.3, 0.4) is 0 Å². The number of urea groups is 1. The zero-order chi connectivity index (χ0) is 15.3. The molecule has 108 valence electrons. The van der Waals surface area contributed by atoms with Gasteiger partial charge in [0, 0.05) is 0 Å². The van der Waals surface area contributed by atoms with Crippen LogP contribution in [0.2, 0.25) is 5.02 Å². The topological polar surface area (TPSA) is 98.5 Å². The number of halogens is 1. The predicted molar refractivity (Wildman–Crippen MR) is 73.2 cm³/mol. The van der Waals surface area contributed by atoms with E-state index in [0.29, 0.717) is 0 Å². The Hall–Kier alpha value is -2.08. The monoisotopic (exact) mass is 298 g/mol. The van der Waals surface area contributed by atoms with Gasteiger partial charge in [0.2, 0.25) is 0 Å². The number of imide groups is 1. The number of amides is 3. The van der Waals surface area contributed by atoms with E-state index in [9.17, 15) is 14.4 Å². The van der Waals surface area contributed by atoms with E-state index < -0.39 is 24.0 Å². The van der Waals surface area contributed by atoms with Gasteiger partial charge in [-0.3, -0.25) is 10.1 Å². The lowest BCUT2D eigenvalue weighted by Gasteiger charge is -2.20. The highest BCUT2D eigenvalue weighted by Crippen LogP contribution is 2.18. The molecule has 1 rings (SSSR count). The number of carbonyl (C=O) groups is 3. The standard InChI is InChI=1S/C13H15ClN2O4/c1-7(2)10(11(17)16-13(15)19)20-12(18)8-5-3-4-6-9(8)14/h3-7,10H,1-2H3,(H3,15,16,17,19)/t10-/m0/s1. The highest BCUT2D eigenvalue weighted by molar-refractivity contribution is 6.33. The molecular weight excluding hydrogens is 284 g/mol. The first-order valence-corrected chi connectivity index (χ1v) is 6.26. The molecule has 0 fully saturated rings. The van der Waals surface area contributed by atoms with Crippen molar-refractivity contribution in [1.29, 1.82) is 0 Å². The van der Waals surface area contributed by atoms with E-state index in [1.807, 2.05) is 5.32 Å². The van der Waals surface area contributed by atoms with Gasteiger partial charge >= 0.3 is 12.0 Å². The van der Waals surface area contributed by atoms with Gasteiger partial charge in [-0.2, -0.15) is 0 Å². The van der Waals surface area contributed by atoms with Crippen LogP contribution in [0.5, 0.6) is 0 Å². The lowest BCUT2D eigenvalue weighted by Crippen LogP contribution is -2.45. The third-order valence-electron chi connectivity index (χ3n) is 2.44. The summed E-state index contributed by atoms with van der Waals surface area (Å²) in [5.41, 5.74) is 5.01. The predicted octanol–water partition coefficient (Wildman–Crippen LogP) is 1.72. The summed E-state index contributed by atoms with van der Waals surface area (Å²) in [6.45, 7) is 3.34. The summed E-state index contributed by atoms with van der Waals surface area (Å²) >= 11 is 5.87. The molecule has 0 bridgehead atoms. The smallest absolute Gasteiger partial charge is 0.340 e. The maximum atomic E-state index is 12.0. The van der Waals surface area contributed by atoms with Crippen LogP contribution in [-0.4, -0.2) is 24.0 Å². The first kappa shape index (κ1) is 16.0. The third-order valence-corrected chi connectivity index (χ3v) is 2.77. The van der Waals surface area contributed by atoms with Gasteiger partial charge in [0.05, 0.1) is 10.6 Å². The Balaban J connectivity index is 2.86. The average molecular weight is 299 g/mol. The number of nitrogens with two attached hydrogens (primary N) is 1. The number of nitrogens with one attached hydrogen (secondary N) is 1. The second-order valence-corrected chi connectivity index (χ2v) is 4.81. The second-order valence-electron chi connectivity index (χ2n) is 4.40. The van der Waals surface area contributed by atoms with Gasteiger partial charge in [-0.1, -0.05) is 37.6 Å². The lowest BCUT2D eigenvalue weighted by atomic mass is 10.1. The number of esters is 1. The van der Waals surface area contributed by atoms with Crippen LogP contribution in [0.1, 0.15) is 24.2 Å². The van der Waals surface area contributed by atoms with E-state index in [0.717, 1.165) is 0 Å². The fraction of sp³-hybridized carbons (Fsp3) is 0.308. The molecule has 0 aliphatic rings. The highest BCUT2D eigenvalue weighted by atomic mass is 35.5. The number of ether oxygens (including phenoxy) is 1. The summed E-state index contributed by atoms with van der Waals surface area (Å²) in [6.07, 6.45) is -1.13. The van der Waals surface area contributed by atoms with Crippen LogP contribution in [-0.2, 0) is 9.53 Å². The third kappa shape index (κ3) is 4.24. The minimum absolute atomic E-state index is 0.145. The molecule has 1 aromatic rings. The van der Waals surface area contributed by atoms with Gasteiger partial charge in [0.25, 0.3) is 5.91 Å².